The van der Waals surface area contributed by atoms with Crippen LogP contribution in [0.1, 0.15) is 12.0 Å². The van der Waals surface area contributed by atoms with Gasteiger partial charge in [-0.25, -0.2) is 4.98 Å². The quantitative estimate of drug-likeness (QED) is 0.416. The Hall–Kier alpha value is -2.22. The summed E-state index contributed by atoms with van der Waals surface area (Å²) in [6, 6.07) is 1.36. The number of nitrogens with one attached hydrogen (secondary N) is 2. The number of carbonyl (C=O) groups excluding carboxylic acids is 1. The summed E-state index contributed by atoms with van der Waals surface area (Å²) in [5.41, 5.74) is 0.505. The Labute approximate surface area is 116 Å². The van der Waals surface area contributed by atoms with Crippen molar-refractivity contribution in [2.75, 3.05) is 32.1 Å². The zero-order valence-electron chi connectivity index (χ0n) is 11.5. The van der Waals surface area contributed by atoms with Gasteiger partial charge in [0.25, 0.3) is 5.69 Å². The minimum absolute atomic E-state index is 0.00652. The highest BCUT2D eigenvalue weighted by molar-refractivity contribution is 5.76. The first-order valence-corrected chi connectivity index (χ1v) is 6.15. The number of nitrogens with zero attached hydrogens (tertiary/aromatic N) is 2. The number of pyridine rings is 1. The highest BCUT2D eigenvalue weighted by atomic mass is 16.6. The average Bonchev–Trinajstić information content (AvgIpc) is 2.40. The van der Waals surface area contributed by atoms with Gasteiger partial charge in [-0.05, 0) is 6.92 Å². The molecular formula is C12H18N4O4. The molecule has 1 aromatic heterocycles. The number of methoxy groups -OCH3 is 1. The third-order valence-electron chi connectivity index (χ3n) is 2.56. The number of ether oxygens (including phenoxy) is 1. The van der Waals surface area contributed by atoms with Crippen LogP contribution >= 0.6 is 0 Å². The molecule has 0 aliphatic carbocycles. The van der Waals surface area contributed by atoms with Crippen molar-refractivity contribution >= 4 is 17.4 Å². The number of hydrogen-bond acceptors (Lipinski definition) is 6. The largest absolute Gasteiger partial charge is 0.383 e. The molecular weight excluding hydrogens is 264 g/mol. The van der Waals surface area contributed by atoms with Crippen LogP contribution in [0.5, 0.6) is 0 Å². The van der Waals surface area contributed by atoms with Gasteiger partial charge in [0, 0.05) is 38.4 Å². The number of nitro groups is 1. The Morgan fingerprint density at radius 1 is 1.50 bits per heavy atom. The van der Waals surface area contributed by atoms with Crippen LogP contribution in [0.4, 0.5) is 11.5 Å². The lowest BCUT2D eigenvalue weighted by molar-refractivity contribution is -0.385. The van der Waals surface area contributed by atoms with Crippen LogP contribution in [0.15, 0.2) is 12.3 Å². The van der Waals surface area contributed by atoms with Gasteiger partial charge in [0.05, 0.1) is 17.6 Å². The Morgan fingerprint density at radius 2 is 2.25 bits per heavy atom. The van der Waals surface area contributed by atoms with Gasteiger partial charge in [0.1, 0.15) is 5.82 Å². The number of hydrogen-bond donors (Lipinski definition) is 2. The van der Waals surface area contributed by atoms with Gasteiger partial charge in [0.15, 0.2) is 0 Å². The van der Waals surface area contributed by atoms with E-state index in [0.29, 0.717) is 31.1 Å². The standard InChI is InChI=1S/C12H18N4O4/c1-9-8-15-11(7-10(9)16(18)19)13-4-3-12(17)14-5-6-20-2/h7-8H,3-6H2,1-2H3,(H,13,15)(H,14,17). The number of aryl methyl sites for hydroxylation is 1. The predicted molar refractivity (Wildman–Crippen MR) is 73.6 cm³/mol. The molecule has 2 N–H and O–H groups in total. The number of rotatable bonds is 8. The first-order chi connectivity index (χ1) is 9.54. The molecule has 0 atom stereocenters. The van der Waals surface area contributed by atoms with Gasteiger partial charge in [0.2, 0.25) is 5.91 Å². The molecule has 0 fully saturated rings. The van der Waals surface area contributed by atoms with Gasteiger partial charge >= 0.3 is 0 Å². The van der Waals surface area contributed by atoms with Crippen molar-refractivity contribution in [1.82, 2.24) is 10.3 Å². The molecule has 1 aromatic rings. The van der Waals surface area contributed by atoms with Crippen LogP contribution in [0.3, 0.4) is 0 Å². The lowest BCUT2D eigenvalue weighted by atomic mass is 10.2. The lowest BCUT2D eigenvalue weighted by Gasteiger charge is -2.07. The first kappa shape index (κ1) is 15.8. The van der Waals surface area contributed by atoms with Gasteiger partial charge in [-0.3, -0.25) is 14.9 Å². The number of aromatic nitrogens is 1. The van der Waals surface area contributed by atoms with E-state index < -0.39 is 4.92 Å². The van der Waals surface area contributed by atoms with Crippen LogP contribution in [0.2, 0.25) is 0 Å². The van der Waals surface area contributed by atoms with Crippen molar-refractivity contribution in [2.24, 2.45) is 0 Å². The van der Waals surface area contributed by atoms with E-state index in [0.717, 1.165) is 0 Å². The molecule has 1 amide bonds. The minimum Gasteiger partial charge on any atom is -0.383 e. The zero-order valence-corrected chi connectivity index (χ0v) is 11.5. The van der Waals surface area contributed by atoms with E-state index in [9.17, 15) is 14.9 Å². The van der Waals surface area contributed by atoms with Crippen molar-refractivity contribution < 1.29 is 14.5 Å². The summed E-state index contributed by atoms with van der Waals surface area (Å²) in [5, 5.41) is 16.3. The summed E-state index contributed by atoms with van der Waals surface area (Å²) in [6.07, 6.45) is 1.69. The molecule has 0 radical (unpaired) electrons. The molecule has 0 spiro atoms. The summed E-state index contributed by atoms with van der Waals surface area (Å²) < 4.78 is 4.81. The Morgan fingerprint density at radius 3 is 2.90 bits per heavy atom. The topological polar surface area (TPSA) is 106 Å². The fraction of sp³-hybridized carbons (Fsp3) is 0.500. The maximum Gasteiger partial charge on any atom is 0.277 e. The zero-order chi connectivity index (χ0) is 15.0. The first-order valence-electron chi connectivity index (χ1n) is 6.15. The number of carbonyl (C=O) groups is 1. The second-order valence-electron chi connectivity index (χ2n) is 4.13. The van der Waals surface area contributed by atoms with Crippen LogP contribution in [0.25, 0.3) is 0 Å². The molecule has 0 aromatic carbocycles. The molecule has 0 bridgehead atoms. The SMILES string of the molecule is COCCNC(=O)CCNc1cc([N+](=O)[O-])c(C)cn1. The summed E-state index contributed by atoms with van der Waals surface area (Å²) >= 11 is 0. The maximum atomic E-state index is 11.4. The normalized spacial score (nSPS) is 10.1. The van der Waals surface area contributed by atoms with Crippen LogP contribution in [0, 0.1) is 17.0 Å². The summed E-state index contributed by atoms with van der Waals surface area (Å²) in [6.45, 7) is 2.90. The second kappa shape index (κ2) is 8.05. The monoisotopic (exact) mass is 282 g/mol. The molecule has 8 nitrogen and oxygen atoms in total. The predicted octanol–water partition coefficient (Wildman–Crippen LogP) is 0.863. The maximum absolute atomic E-state index is 11.4. The van der Waals surface area contributed by atoms with Crippen LogP contribution < -0.4 is 10.6 Å². The fourth-order valence-electron chi connectivity index (χ4n) is 1.49. The van der Waals surface area contributed by atoms with E-state index in [1.165, 1.54) is 12.3 Å². The van der Waals surface area contributed by atoms with Gasteiger partial charge in [-0.2, -0.15) is 0 Å². The van der Waals surface area contributed by atoms with E-state index in [-0.39, 0.29) is 18.0 Å². The van der Waals surface area contributed by atoms with E-state index in [2.05, 4.69) is 15.6 Å². The number of amides is 1. The number of anilines is 1. The van der Waals surface area contributed by atoms with E-state index >= 15 is 0 Å². The van der Waals surface area contributed by atoms with Gasteiger partial charge < -0.3 is 15.4 Å². The molecule has 0 aliphatic heterocycles. The summed E-state index contributed by atoms with van der Waals surface area (Å²) in [7, 11) is 1.56. The molecule has 1 heterocycles. The molecule has 1 rings (SSSR count). The summed E-state index contributed by atoms with van der Waals surface area (Å²) in [4.78, 5) is 25.7. The third-order valence-corrected chi connectivity index (χ3v) is 2.56. The van der Waals surface area contributed by atoms with Crippen molar-refractivity contribution in [3.8, 4) is 0 Å². The minimum atomic E-state index is -0.459. The van der Waals surface area contributed by atoms with Crippen LogP contribution in [-0.2, 0) is 9.53 Å². The van der Waals surface area contributed by atoms with Gasteiger partial charge in [-0.1, -0.05) is 0 Å². The summed E-state index contributed by atoms with van der Waals surface area (Å²) in [5.74, 6) is 0.267. The van der Waals surface area contributed by atoms with E-state index in [1.807, 2.05) is 0 Å². The third kappa shape index (κ3) is 5.19. The second-order valence-corrected chi connectivity index (χ2v) is 4.13. The van der Waals surface area contributed by atoms with Crippen molar-refractivity contribution in [3.05, 3.63) is 27.9 Å². The lowest BCUT2D eigenvalue weighted by Crippen LogP contribution is -2.28. The average molecular weight is 282 g/mol. The molecule has 0 saturated carbocycles. The van der Waals surface area contributed by atoms with Crippen LogP contribution in [-0.4, -0.2) is 42.6 Å². The fourth-order valence-corrected chi connectivity index (χ4v) is 1.49. The Balaban J connectivity index is 2.40. The molecule has 0 unspecified atom stereocenters. The van der Waals surface area contributed by atoms with Crippen molar-refractivity contribution in [1.29, 1.82) is 0 Å². The Bertz CT molecular complexity index is 479. The molecule has 8 heteroatoms. The molecule has 20 heavy (non-hydrogen) atoms. The van der Waals surface area contributed by atoms with Crippen molar-refractivity contribution in [3.63, 3.8) is 0 Å². The highest BCUT2D eigenvalue weighted by Gasteiger charge is 2.11. The van der Waals surface area contributed by atoms with Gasteiger partial charge in [-0.15, -0.1) is 0 Å². The smallest absolute Gasteiger partial charge is 0.277 e. The van der Waals surface area contributed by atoms with E-state index in [4.69, 9.17) is 4.74 Å². The Kier molecular flexibility index (Phi) is 6.38. The van der Waals surface area contributed by atoms with E-state index in [1.54, 1.807) is 14.0 Å². The van der Waals surface area contributed by atoms with Crippen molar-refractivity contribution in [2.45, 2.75) is 13.3 Å². The molecule has 110 valence electrons. The highest BCUT2D eigenvalue weighted by Crippen LogP contribution is 2.19. The molecule has 0 saturated heterocycles. The molecule has 0 aliphatic rings.